The average Bonchev–Trinajstić information content (AvgIpc) is 3.22. The van der Waals surface area contributed by atoms with Gasteiger partial charge < -0.3 is 20.7 Å². The van der Waals surface area contributed by atoms with Gasteiger partial charge in [-0.25, -0.2) is 8.78 Å². The number of halogens is 2. The van der Waals surface area contributed by atoms with E-state index >= 15 is 0 Å². The SMILES string of the molecule is O=C(CCc1c(-c2ccccc2)[nH]c2cc(F)cc(F)c12)N[C@@H]1C(=O)NC[C@H]1O. The fourth-order valence-corrected chi connectivity index (χ4v) is 3.67. The minimum absolute atomic E-state index is 0.0277. The maximum atomic E-state index is 14.5. The maximum Gasteiger partial charge on any atom is 0.245 e. The van der Waals surface area contributed by atoms with Crippen molar-refractivity contribution in [1.29, 1.82) is 0 Å². The van der Waals surface area contributed by atoms with Crippen molar-refractivity contribution >= 4 is 22.7 Å². The Morgan fingerprint density at radius 1 is 1.21 bits per heavy atom. The van der Waals surface area contributed by atoms with Gasteiger partial charge in [0.25, 0.3) is 0 Å². The van der Waals surface area contributed by atoms with Crippen molar-refractivity contribution in [2.24, 2.45) is 0 Å². The second-order valence-electron chi connectivity index (χ2n) is 7.01. The normalized spacial score (nSPS) is 18.8. The number of rotatable bonds is 5. The maximum absolute atomic E-state index is 14.5. The topological polar surface area (TPSA) is 94.2 Å². The minimum Gasteiger partial charge on any atom is -0.389 e. The van der Waals surface area contributed by atoms with E-state index in [9.17, 15) is 23.5 Å². The van der Waals surface area contributed by atoms with Crippen molar-refractivity contribution in [3.8, 4) is 11.3 Å². The summed E-state index contributed by atoms with van der Waals surface area (Å²) in [5.41, 5.74) is 2.25. The van der Waals surface area contributed by atoms with Crippen LogP contribution >= 0.6 is 0 Å². The predicted octanol–water partition coefficient (Wildman–Crippen LogP) is 2.02. The van der Waals surface area contributed by atoms with Crippen molar-refractivity contribution in [3.05, 3.63) is 59.7 Å². The number of aromatic amines is 1. The standard InChI is InChI=1S/C21H19F2N3O3/c22-12-8-14(23)18-13(6-7-17(28)26-20-16(27)10-24-21(20)29)19(25-15(18)9-12)11-4-2-1-3-5-11/h1-5,8-9,16,20,25,27H,6-7,10H2,(H,24,29)(H,26,28)/t16-,20+/m1/s1. The van der Waals surface area contributed by atoms with E-state index in [4.69, 9.17) is 0 Å². The Bertz CT molecular complexity index is 1080. The molecule has 2 atom stereocenters. The van der Waals surface area contributed by atoms with Gasteiger partial charge in [0.1, 0.15) is 23.8 Å². The number of β-amino-alcohol motifs (C(OH)–C–C–N with tert-alkyl or cyclic N) is 1. The molecule has 4 N–H and O–H groups in total. The largest absolute Gasteiger partial charge is 0.389 e. The van der Waals surface area contributed by atoms with Crippen LogP contribution in [-0.2, 0) is 16.0 Å². The summed E-state index contributed by atoms with van der Waals surface area (Å²) < 4.78 is 28.2. The van der Waals surface area contributed by atoms with Gasteiger partial charge in [-0.2, -0.15) is 0 Å². The zero-order chi connectivity index (χ0) is 20.5. The number of hydrogen-bond acceptors (Lipinski definition) is 3. The van der Waals surface area contributed by atoms with Crippen LogP contribution in [-0.4, -0.2) is 40.6 Å². The highest BCUT2D eigenvalue weighted by Crippen LogP contribution is 2.33. The number of aryl methyl sites for hydroxylation is 1. The van der Waals surface area contributed by atoms with Crippen molar-refractivity contribution in [2.75, 3.05) is 6.54 Å². The molecule has 2 heterocycles. The van der Waals surface area contributed by atoms with Gasteiger partial charge in [0.15, 0.2) is 0 Å². The van der Waals surface area contributed by atoms with Crippen LogP contribution in [0.5, 0.6) is 0 Å². The summed E-state index contributed by atoms with van der Waals surface area (Å²) in [5.74, 6) is -2.28. The summed E-state index contributed by atoms with van der Waals surface area (Å²) in [5, 5.41) is 15.0. The van der Waals surface area contributed by atoms with E-state index < -0.39 is 35.6 Å². The number of H-pyrrole nitrogens is 1. The summed E-state index contributed by atoms with van der Waals surface area (Å²) in [4.78, 5) is 27.1. The van der Waals surface area contributed by atoms with Gasteiger partial charge in [-0.1, -0.05) is 30.3 Å². The monoisotopic (exact) mass is 399 g/mol. The molecule has 1 fully saturated rings. The fourth-order valence-electron chi connectivity index (χ4n) is 3.67. The molecule has 0 unspecified atom stereocenters. The first-order valence-corrected chi connectivity index (χ1v) is 9.24. The number of hydrogen-bond donors (Lipinski definition) is 4. The Kier molecular flexibility index (Phi) is 5.02. The highest BCUT2D eigenvalue weighted by Gasteiger charge is 2.34. The van der Waals surface area contributed by atoms with E-state index in [0.717, 1.165) is 11.6 Å². The van der Waals surface area contributed by atoms with Crippen LogP contribution in [0.25, 0.3) is 22.2 Å². The van der Waals surface area contributed by atoms with Gasteiger partial charge in [-0.05, 0) is 23.6 Å². The Hall–Kier alpha value is -3.26. The third-order valence-electron chi connectivity index (χ3n) is 5.05. The molecular weight excluding hydrogens is 380 g/mol. The molecule has 0 bridgehead atoms. The van der Waals surface area contributed by atoms with Crippen molar-refractivity contribution in [3.63, 3.8) is 0 Å². The third kappa shape index (κ3) is 3.71. The average molecular weight is 399 g/mol. The number of benzene rings is 2. The van der Waals surface area contributed by atoms with Gasteiger partial charge in [-0.15, -0.1) is 0 Å². The Morgan fingerprint density at radius 3 is 2.66 bits per heavy atom. The van der Waals surface area contributed by atoms with Crippen LogP contribution in [0.4, 0.5) is 8.78 Å². The fraction of sp³-hybridized carbons (Fsp3) is 0.238. The first-order valence-electron chi connectivity index (χ1n) is 9.24. The first kappa shape index (κ1) is 19.1. The summed E-state index contributed by atoms with van der Waals surface area (Å²) >= 11 is 0. The van der Waals surface area contributed by atoms with Crippen molar-refractivity contribution in [2.45, 2.75) is 25.0 Å². The van der Waals surface area contributed by atoms with Crippen LogP contribution < -0.4 is 10.6 Å². The van der Waals surface area contributed by atoms with E-state index in [2.05, 4.69) is 15.6 Å². The molecule has 150 valence electrons. The first-order chi connectivity index (χ1) is 13.9. The Labute approximate surface area is 164 Å². The molecule has 3 aromatic rings. The molecule has 1 aliphatic rings. The molecule has 2 aromatic carbocycles. The highest BCUT2D eigenvalue weighted by atomic mass is 19.1. The van der Waals surface area contributed by atoms with E-state index in [1.54, 1.807) is 0 Å². The molecule has 0 saturated carbocycles. The minimum atomic E-state index is -0.995. The molecule has 2 amide bonds. The zero-order valence-corrected chi connectivity index (χ0v) is 15.3. The smallest absolute Gasteiger partial charge is 0.245 e. The number of fused-ring (bicyclic) bond motifs is 1. The quantitative estimate of drug-likeness (QED) is 0.529. The molecule has 1 aliphatic heterocycles. The number of aliphatic hydroxyl groups is 1. The highest BCUT2D eigenvalue weighted by molar-refractivity contribution is 5.93. The van der Waals surface area contributed by atoms with Crippen LogP contribution in [0, 0.1) is 11.6 Å². The molecule has 1 saturated heterocycles. The molecule has 0 spiro atoms. The lowest BCUT2D eigenvalue weighted by atomic mass is 10.0. The lowest BCUT2D eigenvalue weighted by Gasteiger charge is -2.14. The molecule has 4 rings (SSSR count). The van der Waals surface area contributed by atoms with Crippen LogP contribution in [0.3, 0.4) is 0 Å². The molecule has 0 radical (unpaired) electrons. The molecular formula is C21H19F2N3O3. The molecule has 6 nitrogen and oxygen atoms in total. The molecule has 1 aromatic heterocycles. The van der Waals surface area contributed by atoms with Gasteiger partial charge in [0, 0.05) is 30.1 Å². The van der Waals surface area contributed by atoms with Gasteiger partial charge in [0.05, 0.1) is 5.52 Å². The third-order valence-corrected chi connectivity index (χ3v) is 5.05. The summed E-state index contributed by atoms with van der Waals surface area (Å²) in [6, 6.07) is 10.2. The number of carbonyl (C=O) groups is 2. The second-order valence-corrected chi connectivity index (χ2v) is 7.01. The van der Waals surface area contributed by atoms with Crippen LogP contribution in [0.1, 0.15) is 12.0 Å². The Balaban J connectivity index is 1.63. The van der Waals surface area contributed by atoms with Crippen LogP contribution in [0.15, 0.2) is 42.5 Å². The molecule has 0 aliphatic carbocycles. The van der Waals surface area contributed by atoms with Gasteiger partial charge in [0.2, 0.25) is 11.8 Å². The number of amides is 2. The lowest BCUT2D eigenvalue weighted by Crippen LogP contribution is -2.45. The lowest BCUT2D eigenvalue weighted by molar-refractivity contribution is -0.128. The van der Waals surface area contributed by atoms with Crippen molar-refractivity contribution < 1.29 is 23.5 Å². The summed E-state index contributed by atoms with van der Waals surface area (Å²) in [6.45, 7) is 0.0845. The number of aromatic nitrogens is 1. The van der Waals surface area contributed by atoms with Gasteiger partial charge >= 0.3 is 0 Å². The summed E-state index contributed by atoms with van der Waals surface area (Å²) in [6.07, 6.45) is -0.844. The predicted molar refractivity (Wildman–Crippen MR) is 103 cm³/mol. The van der Waals surface area contributed by atoms with E-state index in [1.807, 2.05) is 30.3 Å². The number of nitrogens with one attached hydrogen (secondary N) is 3. The molecule has 8 heteroatoms. The van der Waals surface area contributed by atoms with E-state index in [-0.39, 0.29) is 24.8 Å². The zero-order valence-electron chi connectivity index (χ0n) is 15.3. The number of carbonyl (C=O) groups excluding carboxylic acids is 2. The summed E-state index contributed by atoms with van der Waals surface area (Å²) in [7, 11) is 0. The van der Waals surface area contributed by atoms with Gasteiger partial charge in [-0.3, -0.25) is 9.59 Å². The van der Waals surface area contributed by atoms with E-state index in [0.29, 0.717) is 16.8 Å². The Morgan fingerprint density at radius 2 is 1.97 bits per heavy atom. The second kappa shape index (κ2) is 7.63. The van der Waals surface area contributed by atoms with E-state index in [1.165, 1.54) is 6.07 Å². The van der Waals surface area contributed by atoms with Crippen molar-refractivity contribution in [1.82, 2.24) is 15.6 Å². The number of aliphatic hydroxyl groups excluding tert-OH is 1. The molecule has 29 heavy (non-hydrogen) atoms. The van der Waals surface area contributed by atoms with Crippen LogP contribution in [0.2, 0.25) is 0 Å².